The second kappa shape index (κ2) is 10.1. The Morgan fingerprint density at radius 1 is 1.03 bits per heavy atom. The zero-order valence-electron chi connectivity index (χ0n) is 19.1. The second-order valence-corrected chi connectivity index (χ2v) is 8.04. The molecule has 0 unspecified atom stereocenters. The topological polar surface area (TPSA) is 100 Å². The third-order valence-electron chi connectivity index (χ3n) is 5.49. The Hall–Kier alpha value is -3.56. The summed E-state index contributed by atoms with van der Waals surface area (Å²) in [5.74, 6) is 1.30. The van der Waals surface area contributed by atoms with E-state index in [1.807, 2.05) is 30.3 Å². The molecule has 0 bridgehead atoms. The molecule has 0 aliphatic carbocycles. The first-order valence-electron chi connectivity index (χ1n) is 10.7. The summed E-state index contributed by atoms with van der Waals surface area (Å²) >= 11 is 6.45. The molecule has 34 heavy (non-hydrogen) atoms. The summed E-state index contributed by atoms with van der Waals surface area (Å²) < 4.78 is 19.2. The van der Waals surface area contributed by atoms with Crippen LogP contribution in [0, 0.1) is 0 Å². The molecule has 10 heteroatoms. The maximum absolute atomic E-state index is 13.0. The third-order valence-corrected chi connectivity index (χ3v) is 5.77. The van der Waals surface area contributed by atoms with Gasteiger partial charge in [-0.15, -0.1) is 0 Å². The number of nitrogens with zero attached hydrogens (tertiary/aromatic N) is 3. The summed E-state index contributed by atoms with van der Waals surface area (Å²) in [4.78, 5) is 33.0. The molecule has 0 saturated carbocycles. The molecule has 0 spiro atoms. The summed E-state index contributed by atoms with van der Waals surface area (Å²) in [6.07, 6.45) is 0.632. The minimum absolute atomic E-state index is 0.258. The molecule has 9 nitrogen and oxygen atoms in total. The molecular weight excluding hydrogens is 460 g/mol. The van der Waals surface area contributed by atoms with Crippen molar-refractivity contribution < 1.29 is 14.2 Å². The van der Waals surface area contributed by atoms with E-state index in [9.17, 15) is 9.59 Å². The molecule has 0 aliphatic rings. The monoisotopic (exact) mass is 484 g/mol. The average Bonchev–Trinajstić information content (AvgIpc) is 3.22. The van der Waals surface area contributed by atoms with Crippen molar-refractivity contribution in [1.29, 1.82) is 0 Å². The Kier molecular flexibility index (Phi) is 7.04. The van der Waals surface area contributed by atoms with E-state index in [1.54, 1.807) is 23.8 Å². The lowest BCUT2D eigenvalue weighted by Crippen LogP contribution is -2.31. The zero-order valence-corrected chi connectivity index (χ0v) is 19.9. The van der Waals surface area contributed by atoms with Crippen molar-refractivity contribution in [2.45, 2.75) is 19.5 Å². The first-order chi connectivity index (χ1) is 16.5. The number of rotatable bonds is 9. The number of methoxy groups -OCH3 is 3. The molecule has 4 aromatic rings. The quantitative estimate of drug-likeness (QED) is 0.366. The van der Waals surface area contributed by atoms with Crippen LogP contribution < -0.4 is 20.7 Å². The molecule has 0 radical (unpaired) electrons. The van der Waals surface area contributed by atoms with E-state index in [1.165, 1.54) is 18.8 Å². The standard InChI is InChI=1S/C24H25ClN4O5/c1-32-11-7-10-28-19-22(26-21(28)16-12-17(25)20(34-3)18(13-16)33-2)29(24(31)27-23(19)30)14-15-8-5-4-6-9-15/h4-6,8-9,12-13H,7,10-11,14H2,1-3H3,(H,27,30,31). The van der Waals surface area contributed by atoms with E-state index >= 15 is 0 Å². The van der Waals surface area contributed by atoms with E-state index < -0.39 is 11.2 Å². The molecule has 0 amide bonds. The Balaban J connectivity index is 1.98. The van der Waals surface area contributed by atoms with Gasteiger partial charge in [-0.2, -0.15) is 0 Å². The highest BCUT2D eigenvalue weighted by Crippen LogP contribution is 2.39. The minimum atomic E-state index is -0.528. The number of hydrogen-bond acceptors (Lipinski definition) is 6. The van der Waals surface area contributed by atoms with Crippen molar-refractivity contribution in [2.24, 2.45) is 0 Å². The van der Waals surface area contributed by atoms with Gasteiger partial charge in [0, 0.05) is 25.8 Å². The Morgan fingerprint density at radius 3 is 2.47 bits per heavy atom. The van der Waals surface area contributed by atoms with Gasteiger partial charge in [0.2, 0.25) is 0 Å². The lowest BCUT2D eigenvalue weighted by Gasteiger charge is -2.13. The molecule has 2 aromatic heterocycles. The Labute approximate surface area is 200 Å². The summed E-state index contributed by atoms with van der Waals surface area (Å²) in [7, 11) is 4.64. The predicted molar refractivity (Wildman–Crippen MR) is 130 cm³/mol. The number of aromatic amines is 1. The molecule has 0 aliphatic heterocycles. The van der Waals surface area contributed by atoms with Crippen LogP contribution in [-0.2, 0) is 17.8 Å². The van der Waals surface area contributed by atoms with Gasteiger partial charge in [-0.1, -0.05) is 41.9 Å². The van der Waals surface area contributed by atoms with Gasteiger partial charge in [0.1, 0.15) is 5.82 Å². The van der Waals surface area contributed by atoms with Crippen molar-refractivity contribution >= 4 is 22.8 Å². The molecule has 2 aromatic carbocycles. The second-order valence-electron chi connectivity index (χ2n) is 7.63. The van der Waals surface area contributed by atoms with Crippen LogP contribution in [0.5, 0.6) is 11.5 Å². The summed E-state index contributed by atoms with van der Waals surface area (Å²) in [5.41, 5.74) is 1.08. The number of halogens is 1. The third kappa shape index (κ3) is 4.44. The first-order valence-corrected chi connectivity index (χ1v) is 11.0. The lowest BCUT2D eigenvalue weighted by molar-refractivity contribution is 0.191. The lowest BCUT2D eigenvalue weighted by atomic mass is 10.2. The average molecular weight is 485 g/mol. The highest BCUT2D eigenvalue weighted by atomic mass is 35.5. The minimum Gasteiger partial charge on any atom is -0.493 e. The van der Waals surface area contributed by atoms with E-state index in [0.29, 0.717) is 53.0 Å². The normalized spacial score (nSPS) is 11.2. The largest absolute Gasteiger partial charge is 0.493 e. The number of aromatic nitrogens is 4. The first kappa shape index (κ1) is 23.6. The zero-order chi connectivity index (χ0) is 24.2. The number of imidazole rings is 1. The summed E-state index contributed by atoms with van der Waals surface area (Å²) in [5, 5.41) is 0.336. The van der Waals surface area contributed by atoms with Gasteiger partial charge in [0.25, 0.3) is 5.56 Å². The molecule has 4 rings (SSSR count). The van der Waals surface area contributed by atoms with Crippen molar-refractivity contribution in [3.05, 3.63) is 73.9 Å². The van der Waals surface area contributed by atoms with Crippen molar-refractivity contribution in [1.82, 2.24) is 19.1 Å². The van der Waals surface area contributed by atoms with E-state index in [0.717, 1.165) is 5.56 Å². The number of hydrogen-bond donors (Lipinski definition) is 1. The van der Waals surface area contributed by atoms with Crippen LogP contribution in [0.25, 0.3) is 22.6 Å². The van der Waals surface area contributed by atoms with Gasteiger partial charge in [-0.3, -0.25) is 14.3 Å². The van der Waals surface area contributed by atoms with Gasteiger partial charge in [-0.25, -0.2) is 9.78 Å². The maximum Gasteiger partial charge on any atom is 0.330 e. The SMILES string of the molecule is COCCCn1c(-c2cc(Cl)c(OC)c(OC)c2)nc2c1c(=O)[nH]c(=O)n2Cc1ccccc1. The van der Waals surface area contributed by atoms with Crippen LogP contribution >= 0.6 is 11.6 Å². The molecule has 178 valence electrons. The Bertz CT molecular complexity index is 1430. The van der Waals surface area contributed by atoms with Crippen LogP contribution in [0.1, 0.15) is 12.0 Å². The van der Waals surface area contributed by atoms with Gasteiger partial charge < -0.3 is 18.8 Å². The van der Waals surface area contributed by atoms with E-state index in [4.69, 9.17) is 30.8 Å². The molecule has 1 N–H and O–H groups in total. The fourth-order valence-corrected chi connectivity index (χ4v) is 4.23. The predicted octanol–water partition coefficient (Wildman–Crippen LogP) is 3.31. The molecule has 0 fully saturated rings. The number of aryl methyl sites for hydroxylation is 1. The van der Waals surface area contributed by atoms with Crippen LogP contribution in [0.4, 0.5) is 0 Å². The van der Waals surface area contributed by atoms with Gasteiger partial charge in [0.15, 0.2) is 22.7 Å². The summed E-state index contributed by atoms with van der Waals surface area (Å²) in [6.45, 7) is 1.19. The number of fused-ring (bicyclic) bond motifs is 1. The highest BCUT2D eigenvalue weighted by Gasteiger charge is 2.22. The summed E-state index contributed by atoms with van der Waals surface area (Å²) in [6, 6.07) is 12.9. The number of nitrogens with one attached hydrogen (secondary N) is 1. The number of H-pyrrole nitrogens is 1. The van der Waals surface area contributed by atoms with Crippen molar-refractivity contribution in [2.75, 3.05) is 27.9 Å². The van der Waals surface area contributed by atoms with Crippen LogP contribution in [-0.4, -0.2) is 47.0 Å². The van der Waals surface area contributed by atoms with Gasteiger partial charge >= 0.3 is 5.69 Å². The van der Waals surface area contributed by atoms with Gasteiger partial charge in [-0.05, 0) is 24.1 Å². The van der Waals surface area contributed by atoms with Crippen molar-refractivity contribution in [3.63, 3.8) is 0 Å². The molecule has 2 heterocycles. The highest BCUT2D eigenvalue weighted by molar-refractivity contribution is 6.32. The fraction of sp³-hybridized carbons (Fsp3) is 0.292. The van der Waals surface area contributed by atoms with E-state index in [2.05, 4.69) is 4.98 Å². The van der Waals surface area contributed by atoms with Crippen molar-refractivity contribution in [3.8, 4) is 22.9 Å². The van der Waals surface area contributed by atoms with Gasteiger partial charge in [0.05, 0.1) is 25.8 Å². The Morgan fingerprint density at radius 2 is 1.79 bits per heavy atom. The molecule has 0 atom stereocenters. The van der Waals surface area contributed by atoms with E-state index in [-0.39, 0.29) is 12.2 Å². The van der Waals surface area contributed by atoms with Crippen LogP contribution in [0.15, 0.2) is 52.1 Å². The van der Waals surface area contributed by atoms with Crippen LogP contribution in [0.3, 0.4) is 0 Å². The molecule has 0 saturated heterocycles. The molecular formula is C24H25ClN4O5. The maximum atomic E-state index is 13.0. The van der Waals surface area contributed by atoms with Crippen LogP contribution in [0.2, 0.25) is 5.02 Å². The smallest absolute Gasteiger partial charge is 0.330 e. The number of benzene rings is 2. The fourth-order valence-electron chi connectivity index (χ4n) is 3.94. The number of ether oxygens (including phenoxy) is 3.